The van der Waals surface area contributed by atoms with Crippen molar-refractivity contribution in [3.8, 4) is 0 Å². The fourth-order valence-electron chi connectivity index (χ4n) is 1.36. The summed E-state index contributed by atoms with van der Waals surface area (Å²) < 4.78 is 5.28. The lowest BCUT2D eigenvalue weighted by Gasteiger charge is -2.18. The first-order chi connectivity index (χ1) is 7.65. The number of rotatable bonds is 6. The van der Waals surface area contributed by atoms with Crippen molar-refractivity contribution in [3.05, 3.63) is 23.9 Å². The zero-order chi connectivity index (χ0) is 12.0. The lowest BCUT2D eigenvalue weighted by Crippen LogP contribution is -2.23. The summed E-state index contributed by atoms with van der Waals surface area (Å²) in [6.45, 7) is 5.94. The van der Waals surface area contributed by atoms with E-state index in [2.05, 4.69) is 4.98 Å². The monoisotopic (exact) mass is 224 g/mol. The Morgan fingerprint density at radius 3 is 2.94 bits per heavy atom. The van der Waals surface area contributed by atoms with Gasteiger partial charge in [-0.2, -0.15) is 0 Å². The van der Waals surface area contributed by atoms with Crippen LogP contribution in [0.1, 0.15) is 25.5 Å². The van der Waals surface area contributed by atoms with Crippen LogP contribution in [-0.4, -0.2) is 36.9 Å². The van der Waals surface area contributed by atoms with Gasteiger partial charge in [0.05, 0.1) is 12.7 Å². The highest BCUT2D eigenvalue weighted by atomic mass is 16.5. The normalized spacial score (nSPS) is 12.5. The second-order valence-electron chi connectivity index (χ2n) is 3.74. The molecular formula is C12H20N2O2. The van der Waals surface area contributed by atoms with Crippen molar-refractivity contribution in [1.82, 2.24) is 4.98 Å². The van der Waals surface area contributed by atoms with Crippen LogP contribution in [0.3, 0.4) is 0 Å². The molecule has 1 aromatic heterocycles. The number of anilines is 1. The average Bonchev–Trinajstić information content (AvgIpc) is 2.29. The Hall–Kier alpha value is -1.13. The van der Waals surface area contributed by atoms with E-state index in [1.165, 1.54) is 0 Å². The molecular weight excluding hydrogens is 204 g/mol. The highest BCUT2D eigenvalue weighted by molar-refractivity contribution is 5.40. The minimum absolute atomic E-state index is 0.456. The van der Waals surface area contributed by atoms with Crippen molar-refractivity contribution >= 4 is 5.82 Å². The van der Waals surface area contributed by atoms with Gasteiger partial charge in [0.15, 0.2) is 0 Å². The molecule has 1 unspecified atom stereocenters. The average molecular weight is 224 g/mol. The van der Waals surface area contributed by atoms with E-state index in [1.54, 1.807) is 13.1 Å². The molecule has 0 aliphatic heterocycles. The molecule has 1 heterocycles. The maximum atomic E-state index is 9.47. The molecule has 0 aliphatic carbocycles. The molecule has 4 nitrogen and oxygen atoms in total. The van der Waals surface area contributed by atoms with Gasteiger partial charge in [-0.05, 0) is 31.5 Å². The SMILES string of the molecule is CCOCCN(C)c1cc(C(C)O)ccn1. The van der Waals surface area contributed by atoms with E-state index >= 15 is 0 Å². The summed E-state index contributed by atoms with van der Waals surface area (Å²) >= 11 is 0. The summed E-state index contributed by atoms with van der Waals surface area (Å²) in [6.07, 6.45) is 1.26. The fraction of sp³-hybridized carbons (Fsp3) is 0.583. The Morgan fingerprint density at radius 1 is 1.56 bits per heavy atom. The molecule has 90 valence electrons. The predicted molar refractivity (Wildman–Crippen MR) is 64.6 cm³/mol. The third kappa shape index (κ3) is 3.79. The van der Waals surface area contributed by atoms with Gasteiger partial charge >= 0.3 is 0 Å². The molecule has 0 saturated heterocycles. The summed E-state index contributed by atoms with van der Waals surface area (Å²) in [5.41, 5.74) is 0.883. The van der Waals surface area contributed by atoms with Crippen LogP contribution >= 0.6 is 0 Å². The van der Waals surface area contributed by atoms with Crippen molar-refractivity contribution in [2.75, 3.05) is 31.7 Å². The van der Waals surface area contributed by atoms with Gasteiger partial charge in [-0.3, -0.25) is 0 Å². The number of pyridine rings is 1. The van der Waals surface area contributed by atoms with Crippen molar-refractivity contribution in [3.63, 3.8) is 0 Å². The number of hydrogen-bond acceptors (Lipinski definition) is 4. The first-order valence-corrected chi connectivity index (χ1v) is 5.58. The lowest BCUT2D eigenvalue weighted by atomic mass is 10.2. The van der Waals surface area contributed by atoms with Gasteiger partial charge in [0, 0.05) is 26.4 Å². The number of aliphatic hydroxyl groups is 1. The highest BCUT2D eigenvalue weighted by Gasteiger charge is 2.06. The predicted octanol–water partition coefficient (Wildman–Crippen LogP) is 1.61. The van der Waals surface area contributed by atoms with Crippen LogP contribution in [0, 0.1) is 0 Å². The summed E-state index contributed by atoms with van der Waals surface area (Å²) in [5.74, 6) is 0.859. The highest BCUT2D eigenvalue weighted by Crippen LogP contribution is 2.16. The second-order valence-corrected chi connectivity index (χ2v) is 3.74. The third-order valence-electron chi connectivity index (χ3n) is 2.42. The van der Waals surface area contributed by atoms with Gasteiger partial charge in [-0.15, -0.1) is 0 Å². The van der Waals surface area contributed by atoms with Crippen molar-refractivity contribution in [2.45, 2.75) is 20.0 Å². The Balaban J connectivity index is 2.60. The maximum Gasteiger partial charge on any atom is 0.128 e. The lowest BCUT2D eigenvalue weighted by molar-refractivity contribution is 0.154. The number of aliphatic hydroxyl groups excluding tert-OH is 1. The molecule has 0 bridgehead atoms. The first kappa shape index (κ1) is 12.9. The van der Waals surface area contributed by atoms with Gasteiger partial charge in [0.25, 0.3) is 0 Å². The molecule has 1 N–H and O–H groups in total. The standard InChI is InChI=1S/C12H20N2O2/c1-4-16-8-7-14(3)12-9-11(10(2)15)5-6-13-12/h5-6,9-10,15H,4,7-8H2,1-3H3. The van der Waals surface area contributed by atoms with E-state index in [0.29, 0.717) is 6.61 Å². The maximum absolute atomic E-state index is 9.47. The van der Waals surface area contributed by atoms with Gasteiger partial charge < -0.3 is 14.7 Å². The van der Waals surface area contributed by atoms with Gasteiger partial charge in [-0.25, -0.2) is 4.98 Å². The van der Waals surface area contributed by atoms with E-state index in [1.807, 2.05) is 31.0 Å². The number of aromatic nitrogens is 1. The molecule has 0 spiro atoms. The summed E-state index contributed by atoms with van der Waals surface area (Å²) in [7, 11) is 1.97. The molecule has 0 aromatic carbocycles. The van der Waals surface area contributed by atoms with Crippen LogP contribution in [-0.2, 0) is 4.74 Å². The molecule has 0 amide bonds. The van der Waals surface area contributed by atoms with Crippen LogP contribution in [0.4, 0.5) is 5.82 Å². The number of nitrogens with zero attached hydrogens (tertiary/aromatic N) is 2. The van der Waals surface area contributed by atoms with E-state index in [9.17, 15) is 5.11 Å². The zero-order valence-electron chi connectivity index (χ0n) is 10.2. The van der Waals surface area contributed by atoms with Gasteiger partial charge in [0.1, 0.15) is 5.82 Å². The number of likely N-dealkylation sites (N-methyl/N-ethyl adjacent to an activating group) is 1. The number of hydrogen-bond donors (Lipinski definition) is 1. The van der Waals surface area contributed by atoms with Crippen LogP contribution in [0.5, 0.6) is 0 Å². The second kappa shape index (κ2) is 6.45. The Kier molecular flexibility index (Phi) is 5.22. The van der Waals surface area contributed by atoms with E-state index in [4.69, 9.17) is 4.74 Å². The van der Waals surface area contributed by atoms with Gasteiger partial charge in [-0.1, -0.05) is 0 Å². The molecule has 0 radical (unpaired) electrons. The zero-order valence-corrected chi connectivity index (χ0v) is 10.2. The van der Waals surface area contributed by atoms with E-state index in [0.717, 1.165) is 24.5 Å². The molecule has 0 saturated carbocycles. The molecule has 1 rings (SSSR count). The quantitative estimate of drug-likeness (QED) is 0.746. The minimum Gasteiger partial charge on any atom is -0.389 e. The van der Waals surface area contributed by atoms with Crippen LogP contribution < -0.4 is 4.90 Å². The van der Waals surface area contributed by atoms with Crippen molar-refractivity contribution in [1.29, 1.82) is 0 Å². The largest absolute Gasteiger partial charge is 0.389 e. The fourth-order valence-corrected chi connectivity index (χ4v) is 1.36. The molecule has 0 fully saturated rings. The molecule has 16 heavy (non-hydrogen) atoms. The molecule has 1 atom stereocenters. The van der Waals surface area contributed by atoms with Crippen LogP contribution in [0.2, 0.25) is 0 Å². The first-order valence-electron chi connectivity index (χ1n) is 5.58. The topological polar surface area (TPSA) is 45.6 Å². The van der Waals surface area contributed by atoms with Crippen molar-refractivity contribution < 1.29 is 9.84 Å². The van der Waals surface area contributed by atoms with Crippen LogP contribution in [0.15, 0.2) is 18.3 Å². The summed E-state index contributed by atoms with van der Waals surface area (Å²) in [5, 5.41) is 9.47. The third-order valence-corrected chi connectivity index (χ3v) is 2.42. The Labute approximate surface area is 96.9 Å². The minimum atomic E-state index is -0.456. The summed E-state index contributed by atoms with van der Waals surface area (Å²) in [6, 6.07) is 3.72. The number of ether oxygens (including phenoxy) is 1. The molecule has 4 heteroatoms. The Morgan fingerprint density at radius 2 is 2.31 bits per heavy atom. The van der Waals surface area contributed by atoms with Crippen molar-refractivity contribution in [2.24, 2.45) is 0 Å². The van der Waals surface area contributed by atoms with E-state index < -0.39 is 6.10 Å². The Bertz CT molecular complexity index is 316. The molecule has 1 aromatic rings. The smallest absolute Gasteiger partial charge is 0.128 e. The summed E-state index contributed by atoms with van der Waals surface area (Å²) in [4.78, 5) is 6.28. The molecule has 0 aliphatic rings. The van der Waals surface area contributed by atoms with E-state index in [-0.39, 0.29) is 0 Å². The van der Waals surface area contributed by atoms with Gasteiger partial charge in [0.2, 0.25) is 0 Å². The van der Waals surface area contributed by atoms with Crippen LogP contribution in [0.25, 0.3) is 0 Å².